The summed E-state index contributed by atoms with van der Waals surface area (Å²) < 4.78 is 15.2. The fourth-order valence-electron chi connectivity index (χ4n) is 2.95. The molecule has 3 rings (SSSR count). The molecule has 0 radical (unpaired) electrons. The lowest BCUT2D eigenvalue weighted by molar-refractivity contribution is 0.254. The molecule has 3 nitrogen and oxygen atoms in total. The lowest BCUT2D eigenvalue weighted by atomic mass is 9.84. The summed E-state index contributed by atoms with van der Waals surface area (Å²) in [6, 6.07) is 1.84. The van der Waals surface area contributed by atoms with Crippen LogP contribution in [-0.2, 0) is 6.54 Å². The predicted octanol–water partition coefficient (Wildman–Crippen LogP) is 1.00. The second-order valence-corrected chi connectivity index (χ2v) is 4.94. The maximum atomic E-state index is 13.5. The van der Waals surface area contributed by atoms with Gasteiger partial charge in [-0.25, -0.2) is 4.39 Å². The van der Waals surface area contributed by atoms with Gasteiger partial charge in [-0.05, 0) is 37.4 Å². The second kappa shape index (κ2) is 3.42. The molecule has 1 aromatic rings. The number of pyridine rings is 1. The van der Waals surface area contributed by atoms with Crippen molar-refractivity contribution in [2.75, 3.05) is 13.1 Å². The summed E-state index contributed by atoms with van der Waals surface area (Å²) in [7, 11) is 0. The van der Waals surface area contributed by atoms with Gasteiger partial charge in [0, 0.05) is 24.7 Å². The molecule has 1 saturated heterocycles. The van der Waals surface area contributed by atoms with E-state index in [1.165, 1.54) is 0 Å². The molecular weight excluding hydrogens is 207 g/mol. The number of aromatic nitrogens is 1. The first-order valence-electron chi connectivity index (χ1n) is 5.77. The first-order valence-corrected chi connectivity index (χ1v) is 5.77. The van der Waals surface area contributed by atoms with Crippen molar-refractivity contribution in [2.45, 2.75) is 25.8 Å². The van der Waals surface area contributed by atoms with Crippen LogP contribution in [0.4, 0.5) is 4.39 Å². The Hall–Kier alpha value is -1.16. The van der Waals surface area contributed by atoms with Gasteiger partial charge in [-0.3, -0.25) is 4.79 Å². The molecule has 0 aliphatic carbocycles. The van der Waals surface area contributed by atoms with Gasteiger partial charge in [-0.2, -0.15) is 0 Å². The number of piperidine rings is 1. The van der Waals surface area contributed by atoms with E-state index < -0.39 is 11.4 Å². The van der Waals surface area contributed by atoms with Crippen molar-refractivity contribution < 1.29 is 4.39 Å². The third kappa shape index (κ3) is 1.33. The van der Waals surface area contributed by atoms with E-state index in [2.05, 4.69) is 5.32 Å². The molecule has 2 bridgehead atoms. The van der Waals surface area contributed by atoms with Crippen LogP contribution in [0.3, 0.4) is 0 Å². The number of hydrogen-bond donors (Lipinski definition) is 1. The van der Waals surface area contributed by atoms with Crippen LogP contribution in [0.5, 0.6) is 0 Å². The lowest BCUT2D eigenvalue weighted by Crippen LogP contribution is -2.45. The van der Waals surface area contributed by atoms with Gasteiger partial charge in [-0.1, -0.05) is 0 Å². The van der Waals surface area contributed by atoms with E-state index in [9.17, 15) is 9.18 Å². The molecule has 0 spiro atoms. The van der Waals surface area contributed by atoms with Crippen LogP contribution >= 0.6 is 0 Å². The molecule has 3 heterocycles. The van der Waals surface area contributed by atoms with Gasteiger partial charge in [0.2, 0.25) is 0 Å². The smallest absolute Gasteiger partial charge is 0.287 e. The van der Waals surface area contributed by atoms with Gasteiger partial charge < -0.3 is 9.88 Å². The Kier molecular flexibility index (Phi) is 2.14. The number of fused-ring (bicyclic) bond motifs is 4. The number of hydrogen-bond acceptors (Lipinski definition) is 2. The number of nitrogens with one attached hydrogen (secondary N) is 1. The first kappa shape index (κ1) is 10.0. The second-order valence-electron chi connectivity index (χ2n) is 4.94. The summed E-state index contributed by atoms with van der Waals surface area (Å²) in [4.78, 5) is 11.8. The average molecular weight is 222 g/mol. The predicted molar refractivity (Wildman–Crippen MR) is 59.1 cm³/mol. The maximum absolute atomic E-state index is 13.5. The molecule has 2 atom stereocenters. The Morgan fingerprint density at radius 3 is 3.12 bits per heavy atom. The highest BCUT2D eigenvalue weighted by molar-refractivity contribution is 5.24. The van der Waals surface area contributed by atoms with Crippen LogP contribution in [-0.4, -0.2) is 17.7 Å². The Morgan fingerprint density at radius 1 is 1.50 bits per heavy atom. The zero-order valence-corrected chi connectivity index (χ0v) is 9.29. The molecular formula is C12H15FN2O. The molecule has 1 N–H and O–H groups in total. The Morgan fingerprint density at radius 2 is 2.31 bits per heavy atom. The first-order chi connectivity index (χ1) is 7.66. The van der Waals surface area contributed by atoms with Gasteiger partial charge >= 0.3 is 0 Å². The minimum absolute atomic E-state index is 0.375. The summed E-state index contributed by atoms with van der Waals surface area (Å²) in [5.41, 5.74) is 1.04. The van der Waals surface area contributed by atoms with Crippen molar-refractivity contribution in [2.24, 2.45) is 5.92 Å². The van der Waals surface area contributed by atoms with Crippen molar-refractivity contribution in [3.63, 3.8) is 0 Å². The van der Waals surface area contributed by atoms with Gasteiger partial charge in [-0.15, -0.1) is 0 Å². The van der Waals surface area contributed by atoms with Crippen LogP contribution < -0.4 is 10.9 Å². The Balaban J connectivity index is 2.20. The molecule has 1 fully saturated rings. The maximum Gasteiger partial charge on any atom is 0.287 e. The van der Waals surface area contributed by atoms with Gasteiger partial charge in [0.1, 0.15) is 0 Å². The number of aryl methyl sites for hydroxylation is 1. The van der Waals surface area contributed by atoms with Gasteiger partial charge in [0.25, 0.3) is 5.56 Å². The molecule has 86 valence electrons. The molecule has 2 aliphatic rings. The largest absolute Gasteiger partial charge is 0.316 e. The van der Waals surface area contributed by atoms with E-state index in [4.69, 9.17) is 0 Å². The normalized spacial score (nSPS) is 27.6. The monoisotopic (exact) mass is 222 g/mol. The zero-order valence-electron chi connectivity index (χ0n) is 9.29. The van der Waals surface area contributed by atoms with E-state index >= 15 is 0 Å². The fraction of sp³-hybridized carbons (Fsp3) is 0.583. The van der Waals surface area contributed by atoms with E-state index in [1.807, 2.05) is 6.07 Å². The Labute approximate surface area is 93.3 Å². The molecule has 0 aromatic carbocycles. The molecule has 2 unspecified atom stereocenters. The quantitative estimate of drug-likeness (QED) is 0.710. The molecule has 2 aliphatic heterocycles. The average Bonchev–Trinajstić information content (AvgIpc) is 2.29. The van der Waals surface area contributed by atoms with Crippen LogP contribution in [0.2, 0.25) is 0 Å². The van der Waals surface area contributed by atoms with Crippen molar-refractivity contribution >= 4 is 0 Å². The zero-order chi connectivity index (χ0) is 11.3. The molecule has 16 heavy (non-hydrogen) atoms. The number of nitrogens with zero attached hydrogens (tertiary/aromatic N) is 1. The number of halogens is 1. The third-order valence-electron chi connectivity index (χ3n) is 3.76. The fourth-order valence-corrected chi connectivity index (χ4v) is 2.95. The van der Waals surface area contributed by atoms with Crippen molar-refractivity contribution in [3.8, 4) is 0 Å². The van der Waals surface area contributed by atoms with E-state index in [0.29, 0.717) is 23.9 Å². The minimum Gasteiger partial charge on any atom is -0.316 e. The third-order valence-corrected chi connectivity index (χ3v) is 3.76. The number of rotatable bonds is 0. The highest BCUT2D eigenvalue weighted by Gasteiger charge is 2.31. The topological polar surface area (TPSA) is 34.0 Å². The molecule has 0 amide bonds. The van der Waals surface area contributed by atoms with Crippen LogP contribution in [0.1, 0.15) is 23.6 Å². The van der Waals surface area contributed by atoms with E-state index in [-0.39, 0.29) is 0 Å². The van der Waals surface area contributed by atoms with Crippen molar-refractivity contribution in [3.05, 3.63) is 33.5 Å². The summed E-state index contributed by atoms with van der Waals surface area (Å²) in [6.07, 6.45) is 1.12. The van der Waals surface area contributed by atoms with Gasteiger partial charge in [0.05, 0.1) is 0 Å². The molecule has 0 saturated carbocycles. The standard InChI is InChI=1S/C12H15FN2O/c1-7-2-10-9-3-8(4-14-5-9)6-15(10)12(16)11(7)13/h2,8-9,14H,3-6H2,1H3. The van der Waals surface area contributed by atoms with E-state index in [0.717, 1.165) is 25.2 Å². The highest BCUT2D eigenvalue weighted by atomic mass is 19.1. The van der Waals surface area contributed by atoms with Gasteiger partial charge in [0.15, 0.2) is 5.82 Å². The van der Waals surface area contributed by atoms with Crippen molar-refractivity contribution in [1.82, 2.24) is 9.88 Å². The van der Waals surface area contributed by atoms with Crippen LogP contribution in [0, 0.1) is 18.7 Å². The highest BCUT2D eigenvalue weighted by Crippen LogP contribution is 2.32. The minimum atomic E-state index is -0.586. The summed E-state index contributed by atoms with van der Waals surface area (Å²) >= 11 is 0. The Bertz CT molecular complexity index is 495. The summed E-state index contributed by atoms with van der Waals surface area (Å²) in [5.74, 6) is 0.266. The lowest BCUT2D eigenvalue weighted by Gasteiger charge is -2.37. The summed E-state index contributed by atoms with van der Waals surface area (Å²) in [5, 5.41) is 3.37. The van der Waals surface area contributed by atoms with Crippen LogP contribution in [0.15, 0.2) is 10.9 Å². The summed E-state index contributed by atoms with van der Waals surface area (Å²) in [6.45, 7) is 4.17. The van der Waals surface area contributed by atoms with E-state index in [1.54, 1.807) is 11.5 Å². The van der Waals surface area contributed by atoms with Crippen LogP contribution in [0.25, 0.3) is 0 Å². The molecule has 1 aromatic heterocycles. The SMILES string of the molecule is Cc1cc2n(c(=O)c1F)CC1CNCC2C1. The van der Waals surface area contributed by atoms with Crippen molar-refractivity contribution in [1.29, 1.82) is 0 Å². The molecule has 4 heteroatoms.